The van der Waals surface area contributed by atoms with Crippen LogP contribution in [0.5, 0.6) is 5.75 Å². The Morgan fingerprint density at radius 2 is 1.42 bits per heavy atom. The van der Waals surface area contributed by atoms with Crippen molar-refractivity contribution in [2.24, 2.45) is 0 Å². The number of aliphatic hydroxyl groups is 9. The van der Waals surface area contributed by atoms with Crippen LogP contribution in [0.4, 0.5) is 4.79 Å². The molecule has 3 aromatic rings. The highest BCUT2D eigenvalue weighted by Gasteiger charge is 2.46. The fourth-order valence-corrected chi connectivity index (χ4v) is 10.3. The first-order valence-corrected chi connectivity index (χ1v) is 26.0. The number of aliphatic hydroxyl groups excluding tert-OH is 8. The number of aromatic nitrogens is 2. The Morgan fingerprint density at radius 3 is 1.97 bits per heavy atom. The molecule has 5 rings (SSSR count). The predicted molar refractivity (Wildman–Crippen MR) is 264 cm³/mol. The monoisotopic (exact) mass is 1130 g/mol. The molecule has 0 aliphatic carbocycles. The number of carbonyl (C=O) groups excluding carboxylic acids is 6. The number of carbonyl (C=O) groups is 8. The van der Waals surface area contributed by atoms with Crippen LogP contribution in [0, 0.1) is 0 Å². The Hall–Kier alpha value is -6.52. The average Bonchev–Trinajstić information content (AvgIpc) is 3.88. The molecule has 0 radical (unpaired) electrons. The number of aryl methyl sites for hydroxylation is 1. The molecule has 0 saturated carbocycles. The van der Waals surface area contributed by atoms with Crippen molar-refractivity contribution >= 4 is 80.2 Å². The zero-order valence-electron chi connectivity index (χ0n) is 41.2. The van der Waals surface area contributed by atoms with Crippen LogP contribution in [-0.4, -0.2) is 206 Å². The highest BCUT2D eigenvalue weighted by Crippen LogP contribution is 2.41. The molecule has 2 aromatic heterocycles. The lowest BCUT2D eigenvalue weighted by molar-refractivity contribution is -0.172. The van der Waals surface area contributed by atoms with E-state index in [0.29, 0.717) is 34.3 Å². The molecule has 0 saturated heterocycles. The second-order valence-electron chi connectivity index (χ2n) is 17.5. The van der Waals surface area contributed by atoms with Gasteiger partial charge in [-0.15, -0.1) is 0 Å². The number of rotatable bonds is 27. The summed E-state index contributed by atoms with van der Waals surface area (Å²) in [6, 6.07) is -2.58. The predicted octanol–water partition coefficient (Wildman–Crippen LogP) is -4.79. The normalized spacial score (nSPS) is 18.5. The molecule has 422 valence electrons. The van der Waals surface area contributed by atoms with Crippen molar-refractivity contribution in [1.82, 2.24) is 30.8 Å². The van der Waals surface area contributed by atoms with Gasteiger partial charge in [0.25, 0.3) is 5.56 Å². The Balaban J connectivity index is 1.20. The molecule has 2 aliphatic heterocycles. The molecule has 0 unspecified atom stereocenters. The van der Waals surface area contributed by atoms with E-state index < -0.39 is 145 Å². The molecule has 0 bridgehead atoms. The maximum Gasteiger partial charge on any atom is 0.513 e. The third-order valence-corrected chi connectivity index (χ3v) is 14.8. The summed E-state index contributed by atoms with van der Waals surface area (Å²) < 4.78 is 17.2. The lowest BCUT2D eigenvalue weighted by atomic mass is 9.86. The van der Waals surface area contributed by atoms with Crippen LogP contribution >= 0.6 is 21.6 Å². The van der Waals surface area contributed by atoms with Crippen molar-refractivity contribution < 1.29 is 109 Å². The Bertz CT molecular complexity index is 2800. The Kier molecular flexibility index (Phi) is 21.3. The Morgan fingerprint density at radius 1 is 0.805 bits per heavy atom. The van der Waals surface area contributed by atoms with Gasteiger partial charge in [-0.3, -0.25) is 28.8 Å². The summed E-state index contributed by atoms with van der Waals surface area (Å²) >= 11 is 0. The number of esters is 1. The van der Waals surface area contributed by atoms with Gasteiger partial charge in [0.05, 0.1) is 48.6 Å². The van der Waals surface area contributed by atoms with E-state index in [0.717, 1.165) is 34.1 Å². The summed E-state index contributed by atoms with van der Waals surface area (Å²) in [5.74, 6) is -10.4. The molecule has 0 fully saturated rings. The third-order valence-electron chi connectivity index (χ3n) is 12.4. The molecular formula is C46H58N6O23S2. The SMILES string of the molecule is CCc1c2c(nc3ccc(OC(=O)OCCSSC[C@@H](NC(=O)[C@@H](NC(=O)[C@H](CC(=O)O)NC(=O)[C@@H](NC(C)=O)[C@@H](O)[C@H](O)[C@H](O)CO)[C@@H](O)[C@H](O)[C@H](O)CO)C(=O)O)cc13)-c1cc3c(c(=O)n1C2)COC(=O)[C@]3(O)CC. The van der Waals surface area contributed by atoms with Crippen LogP contribution in [0.1, 0.15) is 55.9 Å². The van der Waals surface area contributed by atoms with Crippen LogP contribution < -0.4 is 31.6 Å². The van der Waals surface area contributed by atoms with Crippen molar-refractivity contribution in [1.29, 1.82) is 0 Å². The highest BCUT2D eigenvalue weighted by molar-refractivity contribution is 8.76. The number of cyclic esters (lactones) is 1. The fraction of sp³-hybridized carbons (Fsp3) is 0.522. The highest BCUT2D eigenvalue weighted by atomic mass is 33.1. The molecule has 31 heteroatoms. The van der Waals surface area contributed by atoms with Gasteiger partial charge >= 0.3 is 24.1 Å². The number of hydrogen-bond acceptors (Lipinski definition) is 24. The number of nitrogens with zero attached hydrogens (tertiary/aromatic N) is 2. The maximum atomic E-state index is 13.7. The van der Waals surface area contributed by atoms with Crippen LogP contribution in [-0.2, 0) is 68.2 Å². The number of fused-ring (bicyclic) bond motifs is 5. The molecule has 4 amide bonds. The van der Waals surface area contributed by atoms with Crippen molar-refractivity contribution in [2.45, 2.75) is 120 Å². The largest absolute Gasteiger partial charge is 0.513 e. The van der Waals surface area contributed by atoms with E-state index in [4.69, 9.17) is 24.3 Å². The van der Waals surface area contributed by atoms with Crippen molar-refractivity contribution in [3.63, 3.8) is 0 Å². The molecule has 11 atom stereocenters. The summed E-state index contributed by atoms with van der Waals surface area (Å²) in [7, 11) is 1.79. The van der Waals surface area contributed by atoms with Gasteiger partial charge in [-0.2, -0.15) is 0 Å². The summed E-state index contributed by atoms with van der Waals surface area (Å²) in [6.45, 7) is 1.57. The van der Waals surface area contributed by atoms with Crippen LogP contribution in [0.25, 0.3) is 22.3 Å². The van der Waals surface area contributed by atoms with E-state index in [1.54, 1.807) is 25.1 Å². The molecular weight excluding hydrogens is 1070 g/mol. The molecule has 77 heavy (non-hydrogen) atoms. The number of pyridine rings is 2. The van der Waals surface area contributed by atoms with E-state index in [1.165, 1.54) is 10.6 Å². The molecule has 0 spiro atoms. The van der Waals surface area contributed by atoms with Crippen LogP contribution in [0.3, 0.4) is 0 Å². The van der Waals surface area contributed by atoms with Gasteiger partial charge in [-0.25, -0.2) is 19.4 Å². The molecule has 1 aromatic carbocycles. The quantitative estimate of drug-likeness (QED) is 0.0115. The van der Waals surface area contributed by atoms with E-state index in [-0.39, 0.29) is 48.8 Å². The number of carboxylic acid groups (broad SMARTS) is 2. The lowest BCUT2D eigenvalue weighted by Gasteiger charge is -2.32. The zero-order chi connectivity index (χ0) is 57.2. The first-order valence-electron chi connectivity index (χ1n) is 23.5. The van der Waals surface area contributed by atoms with Gasteiger partial charge in [0.2, 0.25) is 23.6 Å². The zero-order valence-corrected chi connectivity index (χ0v) is 42.8. The standard InChI is InChI=1S/C46H58N6O23S2/c1-4-20-21-10-19(6-7-25(21)48-32-22(20)13-52-28(32)11-24-23(42(52)67)16-74-44(70)46(24,72)5-2)75-45(71)73-8-9-76-77-17-27(43(68)69)50-41(66)34(38(63)36(61)30(57)15-54)51-39(64)26(12-31(58)59)49-40(65)33(47-18(3)55)37(62)35(60)29(56)14-53/h6-7,10-11,26-27,29-30,33-38,53-54,56-57,60-63,72H,4-5,8-9,12-17H2,1-3H3,(H,47,55)(H,49,65)(H,50,66)(H,51,64)(H,58,59)(H,68,69)/t26-,27+,29+,30+,33-,34-,35+,36+,37+,38+,46-/m0/s1. The summed E-state index contributed by atoms with van der Waals surface area (Å²) in [4.78, 5) is 120. The second-order valence-corrected chi connectivity index (χ2v) is 20.2. The number of carboxylic acids is 2. The minimum atomic E-state index is -2.58. The minimum Gasteiger partial charge on any atom is -0.481 e. The number of hydrogen-bond donors (Lipinski definition) is 15. The number of aliphatic carboxylic acids is 2. The first kappa shape index (κ1) is 61.3. The van der Waals surface area contributed by atoms with Gasteiger partial charge in [-0.05, 0) is 42.7 Å². The smallest absolute Gasteiger partial charge is 0.481 e. The number of benzene rings is 1. The summed E-state index contributed by atoms with van der Waals surface area (Å²) in [5.41, 5.74) is 0.799. The summed E-state index contributed by atoms with van der Waals surface area (Å²) in [5, 5.41) is 119. The number of nitrogens with one attached hydrogen (secondary N) is 4. The van der Waals surface area contributed by atoms with Crippen LogP contribution in [0.2, 0.25) is 0 Å². The summed E-state index contributed by atoms with van der Waals surface area (Å²) in [6.07, 6.45) is -15.9. The maximum absolute atomic E-state index is 13.7. The molecule has 2 aliphatic rings. The topological polar surface area (TPSA) is 470 Å². The molecule has 4 heterocycles. The van der Waals surface area contributed by atoms with Gasteiger partial charge in [0, 0.05) is 34.9 Å². The van der Waals surface area contributed by atoms with Crippen molar-refractivity contribution in [3.8, 4) is 17.1 Å². The van der Waals surface area contributed by atoms with E-state index in [2.05, 4.69) is 0 Å². The van der Waals surface area contributed by atoms with Crippen molar-refractivity contribution in [2.75, 3.05) is 31.3 Å². The van der Waals surface area contributed by atoms with Crippen LogP contribution in [0.15, 0.2) is 29.1 Å². The average molecular weight is 1130 g/mol. The van der Waals surface area contributed by atoms with E-state index >= 15 is 0 Å². The molecule has 29 nitrogen and oxygen atoms in total. The number of amides is 4. The van der Waals surface area contributed by atoms with Gasteiger partial charge in [-0.1, -0.05) is 35.4 Å². The Labute approximate surface area is 443 Å². The minimum absolute atomic E-state index is 0.0211. The van der Waals surface area contributed by atoms with Crippen molar-refractivity contribution in [3.05, 3.63) is 56.9 Å². The van der Waals surface area contributed by atoms with E-state index in [1.807, 2.05) is 28.2 Å². The lowest BCUT2D eigenvalue weighted by Crippen LogP contribution is -2.64. The second kappa shape index (κ2) is 26.7. The number of ether oxygens (including phenoxy) is 3. The third kappa shape index (κ3) is 14.2. The van der Waals surface area contributed by atoms with Gasteiger partial charge in [0.15, 0.2) is 5.60 Å². The van der Waals surface area contributed by atoms with Gasteiger partial charge < -0.3 is 96.2 Å². The fourth-order valence-electron chi connectivity index (χ4n) is 8.30. The molecule has 15 N–H and O–H groups in total. The van der Waals surface area contributed by atoms with E-state index in [9.17, 15) is 94.2 Å². The first-order chi connectivity index (χ1) is 36.3. The van der Waals surface area contributed by atoms with Gasteiger partial charge in [0.1, 0.15) is 79.8 Å².